The first-order valence-corrected chi connectivity index (χ1v) is 7.58. The van der Waals surface area contributed by atoms with Gasteiger partial charge in [-0.2, -0.15) is 13.2 Å². The molecule has 7 heteroatoms. The first-order valence-electron chi connectivity index (χ1n) is 6.76. The second-order valence-electron chi connectivity index (χ2n) is 5.02. The molecule has 0 atom stereocenters. The van der Waals surface area contributed by atoms with Gasteiger partial charge in [0, 0.05) is 24.6 Å². The lowest BCUT2D eigenvalue weighted by molar-refractivity contribution is -0.137. The molecule has 0 bridgehead atoms. The second kappa shape index (κ2) is 5.73. The minimum absolute atomic E-state index is 0.101. The van der Waals surface area contributed by atoms with E-state index in [1.54, 1.807) is 6.07 Å². The standard InChI is InChI=1S/C14H14F3N3S/c15-14(16,17)11-4-2-1-3-10(11)13-20-19-12(21-13)7-8-18-9-5-6-9/h1-4,9,18H,5-8H2. The lowest BCUT2D eigenvalue weighted by Gasteiger charge is -2.09. The molecule has 112 valence electrons. The highest BCUT2D eigenvalue weighted by molar-refractivity contribution is 7.14. The molecule has 3 nitrogen and oxygen atoms in total. The zero-order valence-electron chi connectivity index (χ0n) is 11.2. The topological polar surface area (TPSA) is 37.8 Å². The number of hydrogen-bond donors (Lipinski definition) is 1. The van der Waals surface area contributed by atoms with E-state index in [9.17, 15) is 13.2 Å². The first kappa shape index (κ1) is 14.5. The molecule has 0 saturated heterocycles. The van der Waals surface area contributed by atoms with E-state index in [1.165, 1.54) is 36.3 Å². The van der Waals surface area contributed by atoms with Crippen LogP contribution < -0.4 is 5.32 Å². The van der Waals surface area contributed by atoms with Gasteiger partial charge < -0.3 is 5.32 Å². The van der Waals surface area contributed by atoms with Crippen molar-refractivity contribution in [3.63, 3.8) is 0 Å². The van der Waals surface area contributed by atoms with Gasteiger partial charge in [-0.25, -0.2) is 0 Å². The lowest BCUT2D eigenvalue weighted by atomic mass is 10.1. The van der Waals surface area contributed by atoms with E-state index in [0.29, 0.717) is 17.5 Å². The molecular formula is C14H14F3N3S. The highest BCUT2D eigenvalue weighted by atomic mass is 32.1. The van der Waals surface area contributed by atoms with Gasteiger partial charge in [0.05, 0.1) is 5.56 Å². The van der Waals surface area contributed by atoms with Gasteiger partial charge in [0.25, 0.3) is 0 Å². The summed E-state index contributed by atoms with van der Waals surface area (Å²) in [6.07, 6.45) is -1.26. The van der Waals surface area contributed by atoms with Gasteiger partial charge in [0.15, 0.2) is 0 Å². The maximum absolute atomic E-state index is 13.0. The number of nitrogens with one attached hydrogen (secondary N) is 1. The summed E-state index contributed by atoms with van der Waals surface area (Å²) in [7, 11) is 0. The molecule has 1 aliphatic rings. The predicted octanol–water partition coefficient (Wildman–Crippen LogP) is 3.52. The van der Waals surface area contributed by atoms with Gasteiger partial charge in [-0.3, -0.25) is 0 Å². The number of nitrogens with zero attached hydrogens (tertiary/aromatic N) is 2. The average molecular weight is 313 g/mol. The van der Waals surface area contributed by atoms with E-state index in [2.05, 4.69) is 15.5 Å². The van der Waals surface area contributed by atoms with E-state index in [-0.39, 0.29) is 5.56 Å². The molecule has 1 heterocycles. The summed E-state index contributed by atoms with van der Waals surface area (Å²) in [5, 5.41) is 12.3. The predicted molar refractivity (Wildman–Crippen MR) is 75.1 cm³/mol. The molecule has 1 aliphatic carbocycles. The summed E-state index contributed by atoms with van der Waals surface area (Å²) in [6, 6.07) is 6.10. The van der Waals surface area contributed by atoms with Gasteiger partial charge in [0.1, 0.15) is 10.0 Å². The van der Waals surface area contributed by atoms with Gasteiger partial charge in [-0.05, 0) is 18.9 Å². The smallest absolute Gasteiger partial charge is 0.314 e. The molecule has 1 aromatic heterocycles. The Morgan fingerprint density at radius 1 is 1.19 bits per heavy atom. The van der Waals surface area contributed by atoms with Crippen LogP contribution in [0.15, 0.2) is 24.3 Å². The number of alkyl halides is 3. The largest absolute Gasteiger partial charge is 0.417 e. The van der Waals surface area contributed by atoms with Crippen molar-refractivity contribution >= 4 is 11.3 Å². The highest BCUT2D eigenvalue weighted by Crippen LogP contribution is 2.37. The SMILES string of the molecule is FC(F)(F)c1ccccc1-c1nnc(CCNC2CC2)s1. The minimum Gasteiger partial charge on any atom is -0.314 e. The number of halogens is 3. The van der Waals surface area contributed by atoms with Gasteiger partial charge in [-0.1, -0.05) is 29.5 Å². The van der Waals surface area contributed by atoms with Gasteiger partial charge in [-0.15, -0.1) is 10.2 Å². The summed E-state index contributed by atoms with van der Waals surface area (Å²) in [5.74, 6) is 0. The van der Waals surface area contributed by atoms with Crippen LogP contribution in [0.2, 0.25) is 0 Å². The molecular weight excluding hydrogens is 299 g/mol. The molecule has 2 aromatic rings. The molecule has 0 radical (unpaired) electrons. The first-order chi connectivity index (χ1) is 10.0. The Labute approximate surface area is 124 Å². The Morgan fingerprint density at radius 3 is 2.67 bits per heavy atom. The fourth-order valence-corrected chi connectivity index (χ4v) is 2.93. The van der Waals surface area contributed by atoms with Crippen LogP contribution in [0.3, 0.4) is 0 Å². The third kappa shape index (κ3) is 3.59. The molecule has 0 spiro atoms. The maximum Gasteiger partial charge on any atom is 0.417 e. The number of benzene rings is 1. The summed E-state index contributed by atoms with van der Waals surface area (Å²) in [6.45, 7) is 0.792. The minimum atomic E-state index is -4.38. The fourth-order valence-electron chi connectivity index (χ4n) is 2.05. The molecule has 1 aromatic carbocycles. The molecule has 0 amide bonds. The maximum atomic E-state index is 13.0. The Morgan fingerprint density at radius 2 is 1.95 bits per heavy atom. The van der Waals surface area contributed by atoms with Crippen molar-refractivity contribution in [2.24, 2.45) is 0 Å². The van der Waals surface area contributed by atoms with Crippen LogP contribution in [0.1, 0.15) is 23.4 Å². The van der Waals surface area contributed by atoms with Crippen molar-refractivity contribution < 1.29 is 13.2 Å². The number of aromatic nitrogens is 2. The molecule has 1 fully saturated rings. The van der Waals surface area contributed by atoms with E-state index < -0.39 is 11.7 Å². The zero-order valence-corrected chi connectivity index (χ0v) is 12.0. The third-order valence-electron chi connectivity index (χ3n) is 3.28. The Balaban J connectivity index is 1.76. The van der Waals surface area contributed by atoms with E-state index in [1.807, 2.05) is 0 Å². The van der Waals surface area contributed by atoms with Crippen LogP contribution >= 0.6 is 11.3 Å². The van der Waals surface area contributed by atoms with Crippen molar-refractivity contribution in [2.45, 2.75) is 31.5 Å². The average Bonchev–Trinajstić information content (AvgIpc) is 3.14. The summed E-state index contributed by atoms with van der Waals surface area (Å²) in [5.41, 5.74) is -0.562. The van der Waals surface area contributed by atoms with Crippen molar-refractivity contribution in [1.82, 2.24) is 15.5 Å². The quantitative estimate of drug-likeness (QED) is 0.918. The summed E-state index contributed by atoms with van der Waals surface area (Å²) < 4.78 is 39.0. The Bertz CT molecular complexity index is 620. The van der Waals surface area contributed by atoms with Crippen LogP contribution in [0.25, 0.3) is 10.6 Å². The van der Waals surface area contributed by atoms with Crippen LogP contribution in [0, 0.1) is 0 Å². The van der Waals surface area contributed by atoms with Crippen molar-refractivity contribution in [3.8, 4) is 10.6 Å². The van der Waals surface area contributed by atoms with Crippen LogP contribution in [0.5, 0.6) is 0 Å². The normalized spacial score (nSPS) is 15.4. The molecule has 21 heavy (non-hydrogen) atoms. The van der Waals surface area contributed by atoms with Crippen LogP contribution in [-0.2, 0) is 12.6 Å². The monoisotopic (exact) mass is 313 g/mol. The Hall–Kier alpha value is -1.47. The summed E-state index contributed by atoms with van der Waals surface area (Å²) in [4.78, 5) is 0. The van der Waals surface area contributed by atoms with Crippen LogP contribution in [-0.4, -0.2) is 22.8 Å². The summed E-state index contributed by atoms with van der Waals surface area (Å²) >= 11 is 1.23. The molecule has 1 saturated carbocycles. The second-order valence-corrected chi connectivity index (χ2v) is 6.08. The van der Waals surface area contributed by atoms with Gasteiger partial charge >= 0.3 is 6.18 Å². The van der Waals surface area contributed by atoms with Crippen molar-refractivity contribution in [3.05, 3.63) is 34.8 Å². The highest BCUT2D eigenvalue weighted by Gasteiger charge is 2.34. The molecule has 1 N–H and O–H groups in total. The fraction of sp³-hybridized carbons (Fsp3) is 0.429. The van der Waals surface area contributed by atoms with E-state index in [0.717, 1.165) is 17.6 Å². The van der Waals surface area contributed by atoms with E-state index >= 15 is 0 Å². The molecule has 0 aliphatic heterocycles. The third-order valence-corrected chi connectivity index (χ3v) is 4.30. The lowest BCUT2D eigenvalue weighted by Crippen LogP contribution is -2.19. The van der Waals surface area contributed by atoms with Gasteiger partial charge in [0.2, 0.25) is 0 Å². The van der Waals surface area contributed by atoms with Crippen molar-refractivity contribution in [2.75, 3.05) is 6.54 Å². The molecule has 0 unspecified atom stereocenters. The zero-order chi connectivity index (χ0) is 14.9. The van der Waals surface area contributed by atoms with Crippen molar-refractivity contribution in [1.29, 1.82) is 0 Å². The molecule has 3 rings (SSSR count). The van der Waals surface area contributed by atoms with Crippen LogP contribution in [0.4, 0.5) is 13.2 Å². The Kier molecular flexibility index (Phi) is 3.95. The number of hydrogen-bond acceptors (Lipinski definition) is 4. The number of rotatable bonds is 5. The van der Waals surface area contributed by atoms with E-state index in [4.69, 9.17) is 0 Å².